The predicted octanol–water partition coefficient (Wildman–Crippen LogP) is 4.96. The molecule has 0 saturated carbocycles. The van der Waals surface area contributed by atoms with Crippen LogP contribution < -0.4 is 4.74 Å². The van der Waals surface area contributed by atoms with Crippen molar-refractivity contribution in [1.82, 2.24) is 0 Å². The number of hydrogen-bond donors (Lipinski definition) is 0. The number of unbranched alkanes of at least 4 members (excludes halogenated alkanes) is 6. The minimum absolute atomic E-state index is 0.234. The molecule has 0 bridgehead atoms. The third-order valence-electron chi connectivity index (χ3n) is 2.81. The Morgan fingerprint density at radius 3 is 2.41 bits per heavy atom. The number of halogens is 1. The molecule has 1 aromatic rings. The predicted molar refractivity (Wildman–Crippen MR) is 69.9 cm³/mol. The second kappa shape index (κ2) is 9.03. The van der Waals surface area contributed by atoms with Gasteiger partial charge in [-0.05, 0) is 18.6 Å². The summed E-state index contributed by atoms with van der Waals surface area (Å²) in [6.45, 7) is 2.92. The number of rotatable bonds is 9. The van der Waals surface area contributed by atoms with Gasteiger partial charge in [-0.1, -0.05) is 51.5 Å². The largest absolute Gasteiger partial charge is 0.493 e. The van der Waals surface area contributed by atoms with E-state index in [2.05, 4.69) is 6.92 Å². The van der Waals surface area contributed by atoms with Crippen molar-refractivity contribution in [3.63, 3.8) is 0 Å². The molecule has 0 unspecified atom stereocenters. The summed E-state index contributed by atoms with van der Waals surface area (Å²) in [5.41, 5.74) is 0. The van der Waals surface area contributed by atoms with Crippen LogP contribution in [0.4, 0.5) is 4.39 Å². The van der Waals surface area contributed by atoms with Crippen molar-refractivity contribution in [3.8, 4) is 5.75 Å². The zero-order valence-electron chi connectivity index (χ0n) is 10.8. The quantitative estimate of drug-likeness (QED) is 0.553. The molecule has 0 radical (unpaired) electrons. The molecule has 0 spiro atoms. The molecule has 2 heteroatoms. The van der Waals surface area contributed by atoms with Gasteiger partial charge in [0, 0.05) is 6.07 Å². The molecular weight excluding hydrogens is 215 g/mol. The molecule has 0 aliphatic carbocycles. The molecule has 1 aromatic carbocycles. The fraction of sp³-hybridized carbons (Fsp3) is 0.600. The minimum Gasteiger partial charge on any atom is -0.493 e. The molecule has 0 aliphatic heterocycles. The van der Waals surface area contributed by atoms with Gasteiger partial charge in [0.15, 0.2) is 0 Å². The number of ether oxygens (including phenoxy) is 1. The van der Waals surface area contributed by atoms with Gasteiger partial charge in [0.25, 0.3) is 0 Å². The summed E-state index contributed by atoms with van der Waals surface area (Å²) < 4.78 is 18.3. The highest BCUT2D eigenvalue weighted by molar-refractivity contribution is 5.22. The van der Waals surface area contributed by atoms with Crippen LogP contribution in [0.3, 0.4) is 0 Å². The summed E-state index contributed by atoms with van der Waals surface area (Å²) in [4.78, 5) is 0. The highest BCUT2D eigenvalue weighted by Crippen LogP contribution is 2.13. The second-order valence-corrected chi connectivity index (χ2v) is 4.43. The Balaban J connectivity index is 1.97. The number of hydrogen-bond acceptors (Lipinski definition) is 1. The second-order valence-electron chi connectivity index (χ2n) is 4.43. The Labute approximate surface area is 104 Å². The van der Waals surface area contributed by atoms with Gasteiger partial charge in [-0.15, -0.1) is 0 Å². The van der Waals surface area contributed by atoms with Gasteiger partial charge in [0.2, 0.25) is 0 Å². The average Bonchev–Trinajstić information content (AvgIpc) is 2.33. The van der Waals surface area contributed by atoms with Gasteiger partial charge in [0.1, 0.15) is 11.6 Å². The molecule has 96 valence electrons. The van der Waals surface area contributed by atoms with Crippen molar-refractivity contribution in [2.45, 2.75) is 51.9 Å². The van der Waals surface area contributed by atoms with Gasteiger partial charge < -0.3 is 4.74 Å². The first-order valence-corrected chi connectivity index (χ1v) is 6.71. The van der Waals surface area contributed by atoms with E-state index in [1.165, 1.54) is 50.7 Å². The standard InChI is InChI=1S/C15H23FO/c1-2-3-4-5-6-7-8-12-17-15-11-9-10-14(16)13-15/h9-11,13H,2-8,12H2,1H3. The molecule has 0 aromatic heterocycles. The van der Waals surface area contributed by atoms with E-state index in [4.69, 9.17) is 4.74 Å². The Morgan fingerprint density at radius 2 is 1.71 bits per heavy atom. The monoisotopic (exact) mass is 238 g/mol. The van der Waals surface area contributed by atoms with Crippen molar-refractivity contribution in [2.24, 2.45) is 0 Å². The van der Waals surface area contributed by atoms with Gasteiger partial charge in [0.05, 0.1) is 6.61 Å². The lowest BCUT2D eigenvalue weighted by molar-refractivity contribution is 0.303. The first kappa shape index (κ1) is 14.0. The molecule has 0 heterocycles. The first-order valence-electron chi connectivity index (χ1n) is 6.71. The summed E-state index contributed by atoms with van der Waals surface area (Å²) in [5, 5.41) is 0. The Bertz CT molecular complexity index is 299. The molecule has 0 fully saturated rings. The highest BCUT2D eigenvalue weighted by Gasteiger charge is 1.96. The maximum Gasteiger partial charge on any atom is 0.126 e. The van der Waals surface area contributed by atoms with Crippen LogP contribution in [0.1, 0.15) is 51.9 Å². The summed E-state index contributed by atoms with van der Waals surface area (Å²) in [6.07, 6.45) is 8.87. The Kier molecular flexibility index (Phi) is 7.44. The molecule has 17 heavy (non-hydrogen) atoms. The van der Waals surface area contributed by atoms with Gasteiger partial charge in [-0.3, -0.25) is 0 Å². The van der Waals surface area contributed by atoms with Crippen LogP contribution in [0.25, 0.3) is 0 Å². The smallest absolute Gasteiger partial charge is 0.126 e. The third-order valence-corrected chi connectivity index (χ3v) is 2.81. The Hall–Kier alpha value is -1.05. The van der Waals surface area contributed by atoms with E-state index >= 15 is 0 Å². The van der Waals surface area contributed by atoms with Crippen molar-refractivity contribution in [2.75, 3.05) is 6.61 Å². The van der Waals surface area contributed by atoms with Crippen molar-refractivity contribution in [3.05, 3.63) is 30.1 Å². The third kappa shape index (κ3) is 6.98. The first-order chi connectivity index (χ1) is 8.33. The average molecular weight is 238 g/mol. The van der Waals surface area contributed by atoms with Crippen molar-refractivity contribution in [1.29, 1.82) is 0 Å². The van der Waals surface area contributed by atoms with Crippen LogP contribution in [0.5, 0.6) is 5.75 Å². The van der Waals surface area contributed by atoms with E-state index in [-0.39, 0.29) is 5.82 Å². The summed E-state index contributed by atoms with van der Waals surface area (Å²) in [5.74, 6) is 0.401. The molecule has 0 atom stereocenters. The van der Waals surface area contributed by atoms with Crippen LogP contribution in [0, 0.1) is 5.82 Å². The van der Waals surface area contributed by atoms with Crippen LogP contribution in [-0.2, 0) is 0 Å². The molecular formula is C15H23FO. The topological polar surface area (TPSA) is 9.23 Å². The zero-order chi connectivity index (χ0) is 12.3. The summed E-state index contributed by atoms with van der Waals surface area (Å²) in [6, 6.07) is 6.33. The molecule has 1 nitrogen and oxygen atoms in total. The summed E-state index contributed by atoms with van der Waals surface area (Å²) in [7, 11) is 0. The van der Waals surface area contributed by atoms with E-state index < -0.39 is 0 Å². The Morgan fingerprint density at radius 1 is 1.00 bits per heavy atom. The van der Waals surface area contributed by atoms with E-state index in [9.17, 15) is 4.39 Å². The van der Waals surface area contributed by atoms with Crippen LogP contribution in [-0.4, -0.2) is 6.61 Å². The lowest BCUT2D eigenvalue weighted by Gasteiger charge is -2.05. The van der Waals surface area contributed by atoms with Crippen molar-refractivity contribution < 1.29 is 9.13 Å². The van der Waals surface area contributed by atoms with E-state index in [1.54, 1.807) is 12.1 Å². The highest BCUT2D eigenvalue weighted by atomic mass is 19.1. The zero-order valence-corrected chi connectivity index (χ0v) is 10.8. The fourth-order valence-electron chi connectivity index (χ4n) is 1.81. The molecule has 0 saturated heterocycles. The van der Waals surface area contributed by atoms with E-state index in [1.807, 2.05) is 0 Å². The normalized spacial score (nSPS) is 10.5. The van der Waals surface area contributed by atoms with Gasteiger partial charge >= 0.3 is 0 Å². The SMILES string of the molecule is CCCCCCCCCOc1cccc(F)c1. The van der Waals surface area contributed by atoms with Crippen LogP contribution >= 0.6 is 0 Å². The lowest BCUT2D eigenvalue weighted by atomic mass is 10.1. The maximum absolute atomic E-state index is 12.8. The molecule has 1 rings (SSSR count). The summed E-state index contributed by atoms with van der Waals surface area (Å²) >= 11 is 0. The number of benzene rings is 1. The molecule has 0 amide bonds. The van der Waals surface area contributed by atoms with Gasteiger partial charge in [-0.2, -0.15) is 0 Å². The minimum atomic E-state index is -0.234. The fourth-order valence-corrected chi connectivity index (χ4v) is 1.81. The van der Waals surface area contributed by atoms with E-state index in [0.717, 1.165) is 6.42 Å². The van der Waals surface area contributed by atoms with Crippen LogP contribution in [0.15, 0.2) is 24.3 Å². The lowest BCUT2D eigenvalue weighted by Crippen LogP contribution is -1.97. The van der Waals surface area contributed by atoms with Crippen molar-refractivity contribution >= 4 is 0 Å². The molecule has 0 aliphatic rings. The van der Waals surface area contributed by atoms with Gasteiger partial charge in [-0.25, -0.2) is 4.39 Å². The van der Waals surface area contributed by atoms with Crippen LogP contribution in [0.2, 0.25) is 0 Å². The maximum atomic E-state index is 12.8. The molecule has 0 N–H and O–H groups in total. The van der Waals surface area contributed by atoms with E-state index in [0.29, 0.717) is 12.4 Å².